The predicted octanol–water partition coefficient (Wildman–Crippen LogP) is 2.20. The van der Waals surface area contributed by atoms with Gasteiger partial charge in [0.15, 0.2) is 0 Å². The molecule has 0 bridgehead atoms. The van der Waals surface area contributed by atoms with Crippen LogP contribution in [0.2, 0.25) is 0 Å². The second-order valence-electron chi connectivity index (χ2n) is 7.71. The summed E-state index contributed by atoms with van der Waals surface area (Å²) < 4.78 is 5.82. The highest BCUT2D eigenvalue weighted by Crippen LogP contribution is 2.35. The van der Waals surface area contributed by atoms with Gasteiger partial charge in [-0.15, -0.1) is 0 Å². The molecule has 3 aliphatic rings. The summed E-state index contributed by atoms with van der Waals surface area (Å²) in [5.74, 6) is 0.834. The lowest BCUT2D eigenvalue weighted by Gasteiger charge is -2.38. The van der Waals surface area contributed by atoms with Gasteiger partial charge >= 0.3 is 0 Å². The molecule has 2 fully saturated rings. The highest BCUT2D eigenvalue weighted by molar-refractivity contribution is 5.77. The Bertz CT molecular complexity index is 623. The molecule has 4 rings (SSSR count). The number of aromatic nitrogens is 1. The highest BCUT2D eigenvalue weighted by atomic mass is 16.5. The minimum atomic E-state index is -0.742. The number of nitrogens with zero attached hydrogens (tertiary/aromatic N) is 2. The average molecular weight is 330 g/mol. The molecule has 2 heterocycles. The molecule has 1 aromatic rings. The van der Waals surface area contributed by atoms with Crippen LogP contribution >= 0.6 is 0 Å². The summed E-state index contributed by atoms with van der Waals surface area (Å²) in [4.78, 5) is 18.7. The second-order valence-corrected chi connectivity index (χ2v) is 7.71. The van der Waals surface area contributed by atoms with Gasteiger partial charge in [-0.25, -0.2) is 0 Å². The van der Waals surface area contributed by atoms with E-state index in [0.717, 1.165) is 55.9 Å². The van der Waals surface area contributed by atoms with Crippen molar-refractivity contribution in [3.8, 4) is 0 Å². The van der Waals surface area contributed by atoms with Gasteiger partial charge in [0.25, 0.3) is 0 Å². The maximum Gasteiger partial charge on any atom is 0.225 e. The number of aliphatic hydroxyl groups is 1. The third-order valence-corrected chi connectivity index (χ3v) is 5.65. The maximum absolute atomic E-state index is 12.5. The van der Waals surface area contributed by atoms with E-state index >= 15 is 0 Å². The Morgan fingerprint density at radius 2 is 2.21 bits per heavy atom. The Balaban J connectivity index is 1.38. The zero-order valence-corrected chi connectivity index (χ0v) is 14.2. The van der Waals surface area contributed by atoms with Gasteiger partial charge in [-0.3, -0.25) is 9.78 Å². The maximum atomic E-state index is 12.5. The van der Waals surface area contributed by atoms with Crippen molar-refractivity contribution in [2.24, 2.45) is 5.92 Å². The first kappa shape index (κ1) is 16.0. The Hall–Kier alpha value is -1.46. The molecule has 1 aliphatic heterocycles. The third kappa shape index (κ3) is 3.47. The van der Waals surface area contributed by atoms with E-state index in [4.69, 9.17) is 4.74 Å². The number of fused-ring (bicyclic) bond motifs is 1. The van der Waals surface area contributed by atoms with E-state index in [1.165, 1.54) is 18.4 Å². The van der Waals surface area contributed by atoms with Gasteiger partial charge in [0.2, 0.25) is 5.91 Å². The summed E-state index contributed by atoms with van der Waals surface area (Å²) in [5, 5.41) is 10.2. The Labute approximate surface area is 143 Å². The lowest BCUT2D eigenvalue weighted by atomic mass is 9.77. The lowest BCUT2D eigenvalue weighted by molar-refractivity contribution is -0.141. The van der Waals surface area contributed by atoms with Crippen LogP contribution in [0.1, 0.15) is 55.2 Å². The largest absolute Gasteiger partial charge is 0.389 e. The number of carbonyl (C=O) groups excluding carboxylic acids is 1. The standard InChI is InChI=1S/C19H26N2O3/c22-18(8-19(23)5-1-6-19)21-7-4-17-15(11-21)9-20-10-16(17)13-24-12-14-2-3-14/h9-10,14,23H,1-8,11-13H2. The average Bonchev–Trinajstić information content (AvgIpc) is 3.37. The van der Waals surface area contributed by atoms with Crippen LogP contribution in [0, 0.1) is 5.92 Å². The van der Waals surface area contributed by atoms with Gasteiger partial charge in [-0.05, 0) is 61.1 Å². The van der Waals surface area contributed by atoms with E-state index in [0.29, 0.717) is 13.2 Å². The van der Waals surface area contributed by atoms with Gasteiger partial charge in [0, 0.05) is 32.1 Å². The predicted molar refractivity (Wildman–Crippen MR) is 89.2 cm³/mol. The van der Waals surface area contributed by atoms with Gasteiger partial charge < -0.3 is 14.7 Å². The van der Waals surface area contributed by atoms with E-state index in [2.05, 4.69) is 4.98 Å². The summed E-state index contributed by atoms with van der Waals surface area (Å²) in [6.45, 7) is 2.81. The Morgan fingerprint density at radius 1 is 1.38 bits per heavy atom. The smallest absolute Gasteiger partial charge is 0.225 e. The number of carbonyl (C=O) groups is 1. The molecule has 0 aromatic carbocycles. The third-order valence-electron chi connectivity index (χ3n) is 5.65. The number of rotatable bonds is 6. The molecule has 5 nitrogen and oxygen atoms in total. The molecule has 0 unspecified atom stereocenters. The topological polar surface area (TPSA) is 62.7 Å². The second kappa shape index (κ2) is 6.45. The van der Waals surface area contributed by atoms with E-state index < -0.39 is 5.60 Å². The van der Waals surface area contributed by atoms with Crippen LogP contribution in [-0.2, 0) is 29.1 Å². The minimum Gasteiger partial charge on any atom is -0.389 e. The molecule has 130 valence electrons. The molecule has 1 N–H and O–H groups in total. The van der Waals surface area contributed by atoms with Crippen LogP contribution in [-0.4, -0.2) is 39.7 Å². The van der Waals surface area contributed by atoms with Crippen molar-refractivity contribution in [1.29, 1.82) is 0 Å². The fourth-order valence-corrected chi connectivity index (χ4v) is 3.68. The Kier molecular flexibility index (Phi) is 4.31. The van der Waals surface area contributed by atoms with Crippen LogP contribution < -0.4 is 0 Å². The first-order valence-corrected chi connectivity index (χ1v) is 9.15. The van der Waals surface area contributed by atoms with Gasteiger partial charge in [0.05, 0.1) is 18.6 Å². The van der Waals surface area contributed by atoms with Gasteiger partial charge in [-0.2, -0.15) is 0 Å². The molecule has 0 radical (unpaired) electrons. The monoisotopic (exact) mass is 330 g/mol. The quantitative estimate of drug-likeness (QED) is 0.868. The molecular formula is C19H26N2O3. The number of pyridine rings is 1. The summed E-state index contributed by atoms with van der Waals surface area (Å²) in [5.41, 5.74) is 2.85. The summed E-state index contributed by atoms with van der Waals surface area (Å²) >= 11 is 0. The Morgan fingerprint density at radius 3 is 2.92 bits per heavy atom. The first-order chi connectivity index (χ1) is 11.6. The van der Waals surface area contributed by atoms with E-state index in [1.54, 1.807) is 0 Å². The van der Waals surface area contributed by atoms with Crippen LogP contribution in [0.4, 0.5) is 0 Å². The molecule has 5 heteroatoms. The van der Waals surface area contributed by atoms with Crippen LogP contribution in [0.3, 0.4) is 0 Å². The molecular weight excluding hydrogens is 304 g/mol. The van der Waals surface area contributed by atoms with Crippen molar-refractivity contribution in [3.63, 3.8) is 0 Å². The van der Waals surface area contributed by atoms with E-state index in [1.807, 2.05) is 17.3 Å². The van der Waals surface area contributed by atoms with Gasteiger partial charge in [0.1, 0.15) is 0 Å². The fraction of sp³-hybridized carbons (Fsp3) is 0.684. The van der Waals surface area contributed by atoms with Crippen molar-refractivity contribution in [2.45, 2.75) is 63.7 Å². The van der Waals surface area contributed by atoms with E-state index in [9.17, 15) is 9.90 Å². The van der Waals surface area contributed by atoms with Crippen LogP contribution in [0.25, 0.3) is 0 Å². The molecule has 2 saturated carbocycles. The van der Waals surface area contributed by atoms with Crippen molar-refractivity contribution >= 4 is 5.91 Å². The summed E-state index contributed by atoms with van der Waals surface area (Å²) in [6.07, 6.45) is 10.0. The van der Waals surface area contributed by atoms with Crippen molar-refractivity contribution in [1.82, 2.24) is 9.88 Å². The molecule has 2 aliphatic carbocycles. The van der Waals surface area contributed by atoms with Crippen LogP contribution in [0.15, 0.2) is 12.4 Å². The number of hydrogen-bond acceptors (Lipinski definition) is 4. The van der Waals surface area contributed by atoms with Gasteiger partial charge in [-0.1, -0.05) is 0 Å². The first-order valence-electron chi connectivity index (χ1n) is 9.15. The minimum absolute atomic E-state index is 0.0678. The number of hydrogen-bond donors (Lipinski definition) is 1. The lowest BCUT2D eigenvalue weighted by Crippen LogP contribution is -2.45. The van der Waals surface area contributed by atoms with E-state index in [-0.39, 0.29) is 12.3 Å². The molecule has 1 amide bonds. The summed E-state index contributed by atoms with van der Waals surface area (Å²) in [6, 6.07) is 0. The highest BCUT2D eigenvalue weighted by Gasteiger charge is 2.38. The van der Waals surface area contributed by atoms with Crippen molar-refractivity contribution < 1.29 is 14.6 Å². The molecule has 1 aromatic heterocycles. The molecule has 0 atom stereocenters. The normalized spacial score (nSPS) is 22.0. The molecule has 0 saturated heterocycles. The number of ether oxygens (including phenoxy) is 1. The molecule has 24 heavy (non-hydrogen) atoms. The zero-order chi connectivity index (χ0) is 16.6. The zero-order valence-electron chi connectivity index (χ0n) is 14.2. The SMILES string of the molecule is O=C(CC1(O)CCC1)N1CCc2c(COCC3CC3)cncc2C1. The molecule has 0 spiro atoms. The van der Waals surface area contributed by atoms with Crippen LogP contribution in [0.5, 0.6) is 0 Å². The van der Waals surface area contributed by atoms with Crippen molar-refractivity contribution in [3.05, 3.63) is 29.1 Å². The summed E-state index contributed by atoms with van der Waals surface area (Å²) in [7, 11) is 0. The fourth-order valence-electron chi connectivity index (χ4n) is 3.68. The van der Waals surface area contributed by atoms with Crippen molar-refractivity contribution in [2.75, 3.05) is 13.2 Å². The number of amides is 1.